The standard InChI is InChI=1S/C18H24N2O/c1-13-14-6-4-5-7-16(14)17-12-20(10-8-15(13)17)11-9-18(21)19(2)3/h4-7,17H,8-12H2,1-3H3. The molecule has 1 amide bonds. The van der Waals surface area contributed by atoms with Crippen molar-refractivity contribution in [3.63, 3.8) is 0 Å². The molecule has 1 aliphatic heterocycles. The fourth-order valence-corrected chi connectivity index (χ4v) is 3.64. The third-order valence-electron chi connectivity index (χ3n) is 4.92. The number of amides is 1. The summed E-state index contributed by atoms with van der Waals surface area (Å²) in [5.74, 6) is 0.767. The zero-order chi connectivity index (χ0) is 15.0. The van der Waals surface area contributed by atoms with Crippen LogP contribution in [0.2, 0.25) is 0 Å². The number of carbonyl (C=O) groups excluding carboxylic acids is 1. The number of benzene rings is 1. The third-order valence-corrected chi connectivity index (χ3v) is 4.92. The van der Waals surface area contributed by atoms with E-state index in [9.17, 15) is 4.79 Å². The fourth-order valence-electron chi connectivity index (χ4n) is 3.64. The van der Waals surface area contributed by atoms with Crippen LogP contribution in [0.15, 0.2) is 29.8 Å². The highest BCUT2D eigenvalue weighted by molar-refractivity contribution is 5.77. The molecular formula is C18H24N2O. The van der Waals surface area contributed by atoms with Gasteiger partial charge in [0.1, 0.15) is 0 Å². The molecular weight excluding hydrogens is 260 g/mol. The van der Waals surface area contributed by atoms with E-state index < -0.39 is 0 Å². The van der Waals surface area contributed by atoms with E-state index in [-0.39, 0.29) is 5.91 Å². The fraction of sp³-hybridized carbons (Fsp3) is 0.500. The van der Waals surface area contributed by atoms with Gasteiger partial charge in [0.05, 0.1) is 0 Å². The van der Waals surface area contributed by atoms with Gasteiger partial charge in [-0.05, 0) is 30.0 Å². The van der Waals surface area contributed by atoms with Crippen molar-refractivity contribution in [3.05, 3.63) is 41.0 Å². The summed E-state index contributed by atoms with van der Waals surface area (Å²) in [5.41, 5.74) is 6.02. The molecule has 0 spiro atoms. The highest BCUT2D eigenvalue weighted by Gasteiger charge is 2.33. The normalized spacial score (nSPS) is 21.2. The van der Waals surface area contributed by atoms with Crippen LogP contribution in [0.4, 0.5) is 0 Å². The number of carbonyl (C=O) groups is 1. The van der Waals surface area contributed by atoms with Crippen LogP contribution in [0.5, 0.6) is 0 Å². The number of piperidine rings is 1. The highest BCUT2D eigenvalue weighted by Crippen LogP contribution is 2.45. The van der Waals surface area contributed by atoms with Gasteiger partial charge in [-0.2, -0.15) is 0 Å². The van der Waals surface area contributed by atoms with Gasteiger partial charge in [-0.1, -0.05) is 29.8 Å². The first-order valence-electron chi connectivity index (χ1n) is 7.79. The van der Waals surface area contributed by atoms with E-state index in [0.717, 1.165) is 26.1 Å². The van der Waals surface area contributed by atoms with E-state index in [1.54, 1.807) is 10.5 Å². The molecule has 1 unspecified atom stereocenters. The SMILES string of the molecule is CC1=C2CCN(CCC(=O)N(C)C)CC2c2ccccc21. The third kappa shape index (κ3) is 2.62. The summed E-state index contributed by atoms with van der Waals surface area (Å²) in [4.78, 5) is 15.9. The van der Waals surface area contributed by atoms with Gasteiger partial charge in [-0.15, -0.1) is 0 Å². The van der Waals surface area contributed by atoms with Crippen LogP contribution in [0, 0.1) is 0 Å². The largest absolute Gasteiger partial charge is 0.349 e. The van der Waals surface area contributed by atoms with E-state index >= 15 is 0 Å². The van der Waals surface area contributed by atoms with Gasteiger partial charge in [0.15, 0.2) is 0 Å². The van der Waals surface area contributed by atoms with Crippen molar-refractivity contribution in [3.8, 4) is 0 Å². The summed E-state index contributed by atoms with van der Waals surface area (Å²) in [6.07, 6.45) is 1.76. The molecule has 1 aromatic carbocycles. The lowest BCUT2D eigenvalue weighted by Gasteiger charge is -2.33. The summed E-state index contributed by atoms with van der Waals surface area (Å²) in [6, 6.07) is 8.79. The molecule has 1 heterocycles. The molecule has 112 valence electrons. The van der Waals surface area contributed by atoms with Gasteiger partial charge in [0.25, 0.3) is 0 Å². The second-order valence-corrected chi connectivity index (χ2v) is 6.38. The first-order valence-corrected chi connectivity index (χ1v) is 7.79. The van der Waals surface area contributed by atoms with Gasteiger partial charge in [-0.25, -0.2) is 0 Å². The molecule has 3 rings (SSSR count). The lowest BCUT2D eigenvalue weighted by atomic mass is 9.89. The van der Waals surface area contributed by atoms with E-state index in [1.807, 2.05) is 14.1 Å². The molecule has 1 aromatic rings. The molecule has 0 bridgehead atoms. The molecule has 1 fully saturated rings. The highest BCUT2D eigenvalue weighted by atomic mass is 16.2. The smallest absolute Gasteiger partial charge is 0.223 e. The number of hydrogen-bond acceptors (Lipinski definition) is 2. The molecule has 1 aliphatic carbocycles. The Kier molecular flexibility index (Phi) is 3.85. The minimum Gasteiger partial charge on any atom is -0.349 e. The first-order chi connectivity index (χ1) is 10.1. The molecule has 0 N–H and O–H groups in total. The van der Waals surface area contributed by atoms with Crippen LogP contribution in [-0.4, -0.2) is 49.4 Å². The van der Waals surface area contributed by atoms with Crippen molar-refractivity contribution in [2.24, 2.45) is 0 Å². The maximum absolute atomic E-state index is 11.8. The number of hydrogen-bond donors (Lipinski definition) is 0. The molecule has 0 radical (unpaired) electrons. The van der Waals surface area contributed by atoms with E-state index in [0.29, 0.717) is 12.3 Å². The Labute approximate surface area is 127 Å². The minimum atomic E-state index is 0.222. The predicted molar refractivity (Wildman–Crippen MR) is 86.1 cm³/mol. The summed E-state index contributed by atoms with van der Waals surface area (Å²) in [6.45, 7) is 5.28. The zero-order valence-electron chi connectivity index (χ0n) is 13.2. The number of likely N-dealkylation sites (tertiary alicyclic amines) is 1. The Bertz CT molecular complexity index is 589. The maximum atomic E-state index is 11.8. The summed E-state index contributed by atoms with van der Waals surface area (Å²) < 4.78 is 0. The average Bonchev–Trinajstić information content (AvgIpc) is 2.78. The quantitative estimate of drug-likeness (QED) is 0.852. The molecule has 21 heavy (non-hydrogen) atoms. The van der Waals surface area contributed by atoms with Crippen molar-refractivity contribution in [2.75, 3.05) is 33.7 Å². The summed E-state index contributed by atoms with van der Waals surface area (Å²) in [7, 11) is 3.66. The second-order valence-electron chi connectivity index (χ2n) is 6.38. The average molecular weight is 284 g/mol. The number of nitrogens with zero attached hydrogens (tertiary/aromatic N) is 2. The van der Waals surface area contributed by atoms with Gasteiger partial charge in [0, 0.05) is 46.1 Å². The summed E-state index contributed by atoms with van der Waals surface area (Å²) in [5, 5.41) is 0. The monoisotopic (exact) mass is 284 g/mol. The predicted octanol–water partition coefficient (Wildman–Crippen LogP) is 2.74. The van der Waals surface area contributed by atoms with E-state index in [1.165, 1.54) is 16.7 Å². The van der Waals surface area contributed by atoms with Gasteiger partial charge < -0.3 is 9.80 Å². The van der Waals surface area contributed by atoms with Crippen LogP contribution in [0.3, 0.4) is 0 Å². The van der Waals surface area contributed by atoms with Crippen LogP contribution in [0.25, 0.3) is 5.57 Å². The number of rotatable bonds is 3. The lowest BCUT2D eigenvalue weighted by Crippen LogP contribution is -2.37. The maximum Gasteiger partial charge on any atom is 0.223 e. The Morgan fingerprint density at radius 1 is 1.33 bits per heavy atom. The van der Waals surface area contributed by atoms with Crippen LogP contribution in [0.1, 0.15) is 36.8 Å². The Morgan fingerprint density at radius 3 is 2.86 bits per heavy atom. The topological polar surface area (TPSA) is 23.6 Å². The Balaban J connectivity index is 1.70. The van der Waals surface area contributed by atoms with Crippen molar-refractivity contribution in [1.29, 1.82) is 0 Å². The molecule has 0 aromatic heterocycles. The lowest BCUT2D eigenvalue weighted by molar-refractivity contribution is -0.129. The molecule has 3 heteroatoms. The van der Waals surface area contributed by atoms with Gasteiger partial charge >= 0.3 is 0 Å². The number of fused-ring (bicyclic) bond motifs is 3. The Morgan fingerprint density at radius 2 is 2.10 bits per heavy atom. The molecule has 1 atom stereocenters. The second kappa shape index (κ2) is 5.64. The molecule has 1 saturated heterocycles. The first kappa shape index (κ1) is 14.3. The van der Waals surface area contributed by atoms with Crippen molar-refractivity contribution in [2.45, 2.75) is 25.7 Å². The number of allylic oxidation sites excluding steroid dienone is 1. The van der Waals surface area contributed by atoms with E-state index in [4.69, 9.17) is 0 Å². The van der Waals surface area contributed by atoms with Crippen molar-refractivity contribution < 1.29 is 4.79 Å². The van der Waals surface area contributed by atoms with Crippen LogP contribution < -0.4 is 0 Å². The molecule has 0 saturated carbocycles. The molecule has 2 aliphatic rings. The van der Waals surface area contributed by atoms with Crippen LogP contribution >= 0.6 is 0 Å². The van der Waals surface area contributed by atoms with Crippen molar-refractivity contribution in [1.82, 2.24) is 9.80 Å². The van der Waals surface area contributed by atoms with Gasteiger partial charge in [-0.3, -0.25) is 4.79 Å². The Hall–Kier alpha value is -1.61. The van der Waals surface area contributed by atoms with Crippen molar-refractivity contribution >= 4 is 11.5 Å². The summed E-state index contributed by atoms with van der Waals surface area (Å²) >= 11 is 0. The van der Waals surface area contributed by atoms with Gasteiger partial charge in [0.2, 0.25) is 5.91 Å². The molecule has 3 nitrogen and oxygen atoms in total. The van der Waals surface area contributed by atoms with E-state index in [2.05, 4.69) is 36.1 Å². The van der Waals surface area contributed by atoms with Crippen LogP contribution in [-0.2, 0) is 4.79 Å². The minimum absolute atomic E-state index is 0.222. The zero-order valence-corrected chi connectivity index (χ0v) is 13.2.